The zero-order valence-corrected chi connectivity index (χ0v) is 18.3. The summed E-state index contributed by atoms with van der Waals surface area (Å²) in [6.45, 7) is 4.53. The second-order valence-electron chi connectivity index (χ2n) is 6.89. The van der Waals surface area contributed by atoms with Crippen LogP contribution in [-0.4, -0.2) is 32.5 Å². The van der Waals surface area contributed by atoms with Crippen LogP contribution >= 0.6 is 11.6 Å². The molecule has 2 aromatic carbocycles. The van der Waals surface area contributed by atoms with Crippen molar-refractivity contribution in [1.82, 2.24) is 20.0 Å². The highest BCUT2D eigenvalue weighted by Crippen LogP contribution is 2.25. The molecule has 0 atom stereocenters. The lowest BCUT2D eigenvalue weighted by Gasteiger charge is -2.06. The number of amides is 1. The first-order valence-electron chi connectivity index (χ1n) is 9.90. The molecule has 0 fully saturated rings. The third kappa shape index (κ3) is 4.42. The van der Waals surface area contributed by atoms with Crippen molar-refractivity contribution < 1.29 is 13.9 Å². The van der Waals surface area contributed by atoms with Crippen LogP contribution in [0.2, 0.25) is 5.02 Å². The molecule has 164 valence electrons. The maximum absolute atomic E-state index is 12.6. The third-order valence-electron chi connectivity index (χ3n) is 4.71. The summed E-state index contributed by atoms with van der Waals surface area (Å²) >= 11 is 6.09. The first kappa shape index (κ1) is 21.4. The maximum atomic E-state index is 12.6. The number of ether oxygens (including phenoxy) is 1. The number of rotatable bonds is 7. The number of halogens is 1. The largest absolute Gasteiger partial charge is 0.494 e. The Morgan fingerprint density at radius 3 is 2.69 bits per heavy atom. The van der Waals surface area contributed by atoms with Crippen LogP contribution < -0.4 is 15.8 Å². The lowest BCUT2D eigenvalue weighted by Crippen LogP contribution is -2.15. The minimum absolute atomic E-state index is 0.00203. The van der Waals surface area contributed by atoms with Gasteiger partial charge in [0.05, 0.1) is 23.9 Å². The molecule has 1 amide bonds. The van der Waals surface area contributed by atoms with Crippen molar-refractivity contribution in [1.29, 1.82) is 0 Å². The number of hydrogen-bond donors (Lipinski definition) is 2. The number of nitrogens with one attached hydrogen (secondary N) is 1. The Morgan fingerprint density at radius 2 is 1.97 bits per heavy atom. The SMILES string of the molecule is CCOc1ccc(-c2nc(Cn3nnc(C(=O)Nc4ccccc4Cl)c3N)c(C)o2)cc1. The highest BCUT2D eigenvalue weighted by atomic mass is 35.5. The van der Waals surface area contributed by atoms with Crippen LogP contribution in [0.25, 0.3) is 11.5 Å². The molecule has 0 radical (unpaired) electrons. The summed E-state index contributed by atoms with van der Waals surface area (Å²) < 4.78 is 12.7. The Labute approximate surface area is 189 Å². The summed E-state index contributed by atoms with van der Waals surface area (Å²) in [5.74, 6) is 1.47. The van der Waals surface area contributed by atoms with Crippen molar-refractivity contribution in [2.75, 3.05) is 17.7 Å². The number of nitrogens with two attached hydrogens (primary N) is 1. The van der Waals surface area contributed by atoms with Crippen molar-refractivity contribution in [2.45, 2.75) is 20.4 Å². The van der Waals surface area contributed by atoms with Crippen molar-refractivity contribution >= 4 is 29.0 Å². The van der Waals surface area contributed by atoms with E-state index in [0.717, 1.165) is 11.3 Å². The minimum atomic E-state index is -0.506. The Morgan fingerprint density at radius 1 is 1.22 bits per heavy atom. The van der Waals surface area contributed by atoms with Gasteiger partial charge in [0.1, 0.15) is 17.2 Å². The molecule has 0 saturated heterocycles. The molecule has 32 heavy (non-hydrogen) atoms. The van der Waals surface area contributed by atoms with Crippen molar-refractivity contribution in [3.8, 4) is 17.2 Å². The molecule has 0 saturated carbocycles. The Hall–Kier alpha value is -3.85. The molecule has 0 aliphatic carbocycles. The van der Waals surface area contributed by atoms with Gasteiger partial charge in [-0.2, -0.15) is 0 Å². The average Bonchev–Trinajstić information content (AvgIpc) is 3.33. The predicted molar refractivity (Wildman–Crippen MR) is 121 cm³/mol. The fourth-order valence-electron chi connectivity index (χ4n) is 3.04. The van der Waals surface area contributed by atoms with Crippen LogP contribution in [0, 0.1) is 6.92 Å². The van der Waals surface area contributed by atoms with E-state index in [1.807, 2.05) is 31.2 Å². The number of hydrogen-bond acceptors (Lipinski definition) is 7. The van der Waals surface area contributed by atoms with Crippen LogP contribution in [-0.2, 0) is 6.54 Å². The fourth-order valence-corrected chi connectivity index (χ4v) is 3.23. The van der Waals surface area contributed by atoms with Crippen LogP contribution in [0.4, 0.5) is 11.5 Å². The molecular formula is C22H21ClN6O3. The molecule has 4 rings (SSSR count). The molecular weight excluding hydrogens is 432 g/mol. The number of carbonyl (C=O) groups excluding carboxylic acids is 1. The lowest BCUT2D eigenvalue weighted by molar-refractivity contribution is 0.102. The predicted octanol–water partition coefficient (Wildman–Crippen LogP) is 4.18. The van der Waals surface area contributed by atoms with Gasteiger partial charge in [0.15, 0.2) is 11.5 Å². The summed E-state index contributed by atoms with van der Waals surface area (Å²) in [7, 11) is 0. The van der Waals surface area contributed by atoms with E-state index in [2.05, 4.69) is 20.6 Å². The fraction of sp³-hybridized carbons (Fsp3) is 0.182. The van der Waals surface area contributed by atoms with Gasteiger partial charge in [-0.05, 0) is 50.2 Å². The van der Waals surface area contributed by atoms with E-state index in [4.69, 9.17) is 26.5 Å². The lowest BCUT2D eigenvalue weighted by atomic mass is 10.2. The summed E-state index contributed by atoms with van der Waals surface area (Å²) in [5.41, 5.74) is 8.03. The third-order valence-corrected chi connectivity index (χ3v) is 5.04. The Bertz CT molecular complexity index is 1250. The van der Waals surface area contributed by atoms with Crippen molar-refractivity contribution in [3.63, 3.8) is 0 Å². The molecule has 3 N–H and O–H groups in total. The average molecular weight is 453 g/mol. The van der Waals surface area contributed by atoms with Crippen LogP contribution in [0.5, 0.6) is 5.75 Å². The van der Waals surface area contributed by atoms with E-state index in [1.54, 1.807) is 31.2 Å². The molecule has 4 aromatic rings. The Kier molecular flexibility index (Phi) is 6.09. The topological polar surface area (TPSA) is 121 Å². The second kappa shape index (κ2) is 9.11. The van der Waals surface area contributed by atoms with Crippen molar-refractivity contribution in [2.24, 2.45) is 0 Å². The van der Waals surface area contributed by atoms with E-state index in [0.29, 0.717) is 34.7 Å². The quantitative estimate of drug-likeness (QED) is 0.431. The number of aromatic nitrogens is 4. The van der Waals surface area contributed by atoms with Gasteiger partial charge >= 0.3 is 0 Å². The van der Waals surface area contributed by atoms with Gasteiger partial charge in [-0.1, -0.05) is 28.9 Å². The van der Waals surface area contributed by atoms with Gasteiger partial charge in [-0.25, -0.2) is 9.67 Å². The Balaban J connectivity index is 1.51. The van der Waals surface area contributed by atoms with Crippen LogP contribution in [0.15, 0.2) is 52.9 Å². The van der Waals surface area contributed by atoms with E-state index in [1.165, 1.54) is 4.68 Å². The normalized spacial score (nSPS) is 10.8. The molecule has 0 aliphatic heterocycles. The monoisotopic (exact) mass is 452 g/mol. The number of benzene rings is 2. The van der Waals surface area contributed by atoms with E-state index < -0.39 is 5.91 Å². The van der Waals surface area contributed by atoms with Gasteiger partial charge < -0.3 is 20.2 Å². The molecule has 2 heterocycles. The van der Waals surface area contributed by atoms with Gasteiger partial charge in [0.25, 0.3) is 5.91 Å². The highest BCUT2D eigenvalue weighted by molar-refractivity contribution is 6.33. The van der Waals surface area contributed by atoms with Gasteiger partial charge in [-0.3, -0.25) is 4.79 Å². The number of carbonyl (C=O) groups is 1. The zero-order valence-electron chi connectivity index (χ0n) is 17.5. The first-order valence-corrected chi connectivity index (χ1v) is 10.3. The van der Waals surface area contributed by atoms with E-state index in [9.17, 15) is 4.79 Å². The van der Waals surface area contributed by atoms with Crippen molar-refractivity contribution in [3.05, 3.63) is 70.7 Å². The molecule has 0 unspecified atom stereocenters. The molecule has 0 aliphatic rings. The molecule has 2 aromatic heterocycles. The zero-order chi connectivity index (χ0) is 22.7. The molecule has 9 nitrogen and oxygen atoms in total. The summed E-state index contributed by atoms with van der Waals surface area (Å²) in [4.78, 5) is 17.1. The maximum Gasteiger partial charge on any atom is 0.280 e. The summed E-state index contributed by atoms with van der Waals surface area (Å²) in [6.07, 6.45) is 0. The number of para-hydroxylation sites is 1. The number of oxazole rings is 1. The molecule has 0 spiro atoms. The van der Waals surface area contributed by atoms with E-state index >= 15 is 0 Å². The molecule has 0 bridgehead atoms. The second-order valence-corrected chi connectivity index (χ2v) is 7.30. The molecule has 10 heteroatoms. The minimum Gasteiger partial charge on any atom is -0.494 e. The van der Waals surface area contributed by atoms with Gasteiger partial charge in [0, 0.05) is 5.56 Å². The van der Waals surface area contributed by atoms with Gasteiger partial charge in [-0.15, -0.1) is 5.10 Å². The van der Waals surface area contributed by atoms with Crippen LogP contribution in [0.3, 0.4) is 0 Å². The number of anilines is 2. The van der Waals surface area contributed by atoms with Crippen LogP contribution in [0.1, 0.15) is 28.9 Å². The number of nitrogens with zero attached hydrogens (tertiary/aromatic N) is 4. The highest BCUT2D eigenvalue weighted by Gasteiger charge is 2.20. The van der Waals surface area contributed by atoms with E-state index in [-0.39, 0.29) is 18.1 Å². The smallest absolute Gasteiger partial charge is 0.280 e. The summed E-state index contributed by atoms with van der Waals surface area (Å²) in [6, 6.07) is 14.4. The van der Waals surface area contributed by atoms with Gasteiger partial charge in [0.2, 0.25) is 5.89 Å². The first-order chi connectivity index (χ1) is 15.5. The number of aryl methyl sites for hydroxylation is 1. The number of nitrogen functional groups attached to an aromatic ring is 1. The standard InChI is InChI=1S/C22H21ClN6O3/c1-3-31-15-10-8-14(9-11-15)22-26-18(13(2)32-22)12-29-20(24)19(27-28-29)21(30)25-17-7-5-4-6-16(17)23/h4-11H,3,12,24H2,1-2H3,(H,25,30). The summed E-state index contributed by atoms with van der Waals surface area (Å²) in [5, 5.41) is 11.0.